The summed E-state index contributed by atoms with van der Waals surface area (Å²) in [5, 5.41) is 18.0. The van der Waals surface area contributed by atoms with Crippen molar-refractivity contribution in [3.8, 4) is 0 Å². The maximum Gasteiger partial charge on any atom is 0.253 e. The molecular formula is C19H18BrF2N5O2. The van der Waals surface area contributed by atoms with Crippen molar-refractivity contribution in [3.05, 3.63) is 76.3 Å². The monoisotopic (exact) mass is 465 g/mol. The van der Waals surface area contributed by atoms with Gasteiger partial charge in [0.1, 0.15) is 29.9 Å². The molecule has 2 atom stereocenters. The molecule has 0 unspecified atom stereocenters. The van der Waals surface area contributed by atoms with Gasteiger partial charge in [-0.05, 0) is 31.2 Å². The third-order valence-electron chi connectivity index (χ3n) is 4.59. The number of aliphatic hydroxyl groups is 1. The van der Waals surface area contributed by atoms with E-state index >= 15 is 0 Å². The van der Waals surface area contributed by atoms with Crippen LogP contribution in [-0.2, 0) is 12.1 Å². The first-order valence-electron chi connectivity index (χ1n) is 8.57. The van der Waals surface area contributed by atoms with E-state index < -0.39 is 29.2 Å². The summed E-state index contributed by atoms with van der Waals surface area (Å²) in [6.07, 6.45) is 2.60. The quantitative estimate of drug-likeness (QED) is 0.485. The molecular weight excluding hydrogens is 448 g/mol. The maximum atomic E-state index is 14.5. The molecule has 152 valence electrons. The second-order valence-corrected chi connectivity index (χ2v) is 7.48. The topological polar surface area (TPSA) is 106 Å². The molecule has 0 radical (unpaired) electrons. The standard InChI is InChI=1S/C19H18BrF2N5O2/c1-11(26-18(28)14-6-12(20)2-5-17(14)23)19(29,8-27-10-24-9-25-27)15-4-3-13(21)7-16(15)22/h2-7,9-11,29H,8,23H2,1H3,(H,26,28)/t11-,19-/m1/s1. The average molecular weight is 466 g/mol. The zero-order valence-electron chi connectivity index (χ0n) is 15.3. The number of halogens is 3. The summed E-state index contributed by atoms with van der Waals surface area (Å²) in [5.74, 6) is -2.29. The highest BCUT2D eigenvalue weighted by Crippen LogP contribution is 2.30. The number of carbonyl (C=O) groups excluding carboxylic acids is 1. The van der Waals surface area contributed by atoms with Crippen molar-refractivity contribution in [1.82, 2.24) is 20.1 Å². The number of amides is 1. The van der Waals surface area contributed by atoms with Crippen LogP contribution in [0, 0.1) is 11.6 Å². The summed E-state index contributed by atoms with van der Waals surface area (Å²) in [7, 11) is 0. The Kier molecular flexibility index (Phi) is 5.94. The second kappa shape index (κ2) is 8.26. The van der Waals surface area contributed by atoms with Crippen molar-refractivity contribution >= 4 is 27.5 Å². The molecule has 0 fully saturated rings. The van der Waals surface area contributed by atoms with Gasteiger partial charge in [-0.1, -0.05) is 22.0 Å². The van der Waals surface area contributed by atoms with Gasteiger partial charge in [0.05, 0.1) is 18.2 Å². The summed E-state index contributed by atoms with van der Waals surface area (Å²) in [6, 6.07) is 6.62. The summed E-state index contributed by atoms with van der Waals surface area (Å²) in [6.45, 7) is 1.27. The number of nitrogen functional groups attached to an aromatic ring is 1. The lowest BCUT2D eigenvalue weighted by Gasteiger charge is -2.35. The van der Waals surface area contributed by atoms with E-state index in [0.29, 0.717) is 10.5 Å². The van der Waals surface area contributed by atoms with Crippen LogP contribution in [0.2, 0.25) is 0 Å². The summed E-state index contributed by atoms with van der Waals surface area (Å²) < 4.78 is 29.9. The molecule has 1 aromatic heterocycles. The third kappa shape index (κ3) is 4.43. The van der Waals surface area contributed by atoms with Gasteiger partial charge in [-0.3, -0.25) is 4.79 Å². The fourth-order valence-electron chi connectivity index (χ4n) is 2.98. The molecule has 0 spiro atoms. The molecule has 7 nitrogen and oxygen atoms in total. The largest absolute Gasteiger partial charge is 0.398 e. The van der Waals surface area contributed by atoms with Crippen molar-refractivity contribution in [3.63, 3.8) is 0 Å². The van der Waals surface area contributed by atoms with Crippen molar-refractivity contribution in [1.29, 1.82) is 0 Å². The van der Waals surface area contributed by atoms with E-state index in [1.807, 2.05) is 0 Å². The number of nitrogens with two attached hydrogens (primary N) is 1. The number of benzene rings is 2. The van der Waals surface area contributed by atoms with Gasteiger partial charge < -0.3 is 16.2 Å². The predicted octanol–water partition coefficient (Wildman–Crippen LogP) is 2.61. The number of hydrogen-bond donors (Lipinski definition) is 3. The Morgan fingerprint density at radius 1 is 1.34 bits per heavy atom. The Morgan fingerprint density at radius 3 is 2.76 bits per heavy atom. The first kappa shape index (κ1) is 20.9. The normalized spacial score (nSPS) is 14.2. The Bertz CT molecular complexity index is 1030. The molecule has 0 aliphatic carbocycles. The fourth-order valence-corrected chi connectivity index (χ4v) is 3.34. The number of aromatic nitrogens is 3. The molecule has 1 heterocycles. The molecule has 0 aliphatic heterocycles. The van der Waals surface area contributed by atoms with E-state index in [-0.39, 0.29) is 23.4 Å². The minimum absolute atomic E-state index is 0.189. The van der Waals surface area contributed by atoms with Gasteiger partial charge in [-0.15, -0.1) is 0 Å². The highest BCUT2D eigenvalue weighted by Gasteiger charge is 2.40. The van der Waals surface area contributed by atoms with Crippen LogP contribution >= 0.6 is 15.9 Å². The Labute approximate surface area is 173 Å². The van der Waals surface area contributed by atoms with Crippen LogP contribution in [0.1, 0.15) is 22.8 Å². The molecule has 0 saturated carbocycles. The number of hydrogen-bond acceptors (Lipinski definition) is 5. The van der Waals surface area contributed by atoms with Crippen LogP contribution in [0.4, 0.5) is 14.5 Å². The van der Waals surface area contributed by atoms with E-state index in [9.17, 15) is 18.7 Å². The number of anilines is 1. The summed E-state index contributed by atoms with van der Waals surface area (Å²) in [5.41, 5.74) is 4.15. The second-order valence-electron chi connectivity index (χ2n) is 6.57. The fraction of sp³-hybridized carbons (Fsp3) is 0.211. The van der Waals surface area contributed by atoms with Crippen molar-refractivity contribution in [2.24, 2.45) is 0 Å². The van der Waals surface area contributed by atoms with Crippen LogP contribution in [0.15, 0.2) is 53.5 Å². The van der Waals surface area contributed by atoms with Gasteiger partial charge >= 0.3 is 0 Å². The van der Waals surface area contributed by atoms with Crippen LogP contribution < -0.4 is 11.1 Å². The first-order chi connectivity index (χ1) is 13.7. The van der Waals surface area contributed by atoms with E-state index in [1.54, 1.807) is 12.1 Å². The average Bonchev–Trinajstić information content (AvgIpc) is 3.16. The first-order valence-corrected chi connectivity index (χ1v) is 9.36. The third-order valence-corrected chi connectivity index (χ3v) is 5.08. The molecule has 3 rings (SSSR count). The molecule has 1 amide bonds. The SMILES string of the molecule is C[C@@H](NC(=O)c1cc(Br)ccc1N)[C@](O)(Cn1cncn1)c1ccc(F)cc1F. The predicted molar refractivity (Wildman–Crippen MR) is 106 cm³/mol. The van der Waals surface area contributed by atoms with Crippen molar-refractivity contribution in [2.45, 2.75) is 25.1 Å². The van der Waals surface area contributed by atoms with E-state index in [1.165, 1.54) is 30.3 Å². The van der Waals surface area contributed by atoms with Gasteiger partial charge in [0.15, 0.2) is 0 Å². The Morgan fingerprint density at radius 2 is 2.10 bits per heavy atom. The molecule has 29 heavy (non-hydrogen) atoms. The van der Waals surface area contributed by atoms with Gasteiger partial charge in [0, 0.05) is 21.8 Å². The number of nitrogens with zero attached hydrogens (tertiary/aromatic N) is 3. The van der Waals surface area contributed by atoms with E-state index in [2.05, 4.69) is 31.3 Å². The minimum atomic E-state index is -1.96. The number of carbonyl (C=O) groups is 1. The van der Waals surface area contributed by atoms with Gasteiger partial charge in [-0.2, -0.15) is 5.10 Å². The Balaban J connectivity index is 1.96. The van der Waals surface area contributed by atoms with Crippen molar-refractivity contribution < 1.29 is 18.7 Å². The number of rotatable bonds is 6. The maximum absolute atomic E-state index is 14.5. The Hall–Kier alpha value is -2.85. The van der Waals surface area contributed by atoms with E-state index in [4.69, 9.17) is 5.73 Å². The lowest BCUT2D eigenvalue weighted by atomic mass is 9.86. The lowest BCUT2D eigenvalue weighted by Crippen LogP contribution is -2.52. The molecule has 0 saturated heterocycles. The zero-order valence-corrected chi connectivity index (χ0v) is 16.9. The van der Waals surface area contributed by atoms with Gasteiger partial charge in [0.25, 0.3) is 5.91 Å². The number of nitrogens with one attached hydrogen (secondary N) is 1. The molecule has 0 bridgehead atoms. The smallest absolute Gasteiger partial charge is 0.253 e. The summed E-state index contributed by atoms with van der Waals surface area (Å²) in [4.78, 5) is 16.5. The van der Waals surface area contributed by atoms with Crippen LogP contribution in [0.3, 0.4) is 0 Å². The highest BCUT2D eigenvalue weighted by atomic mass is 79.9. The lowest BCUT2D eigenvalue weighted by molar-refractivity contribution is -0.0186. The van der Waals surface area contributed by atoms with Crippen LogP contribution in [0.25, 0.3) is 0 Å². The molecule has 0 aliphatic rings. The van der Waals surface area contributed by atoms with Gasteiger partial charge in [0.2, 0.25) is 0 Å². The van der Waals surface area contributed by atoms with Crippen LogP contribution in [-0.4, -0.2) is 31.8 Å². The highest BCUT2D eigenvalue weighted by molar-refractivity contribution is 9.10. The zero-order chi connectivity index (χ0) is 21.2. The molecule has 4 N–H and O–H groups in total. The molecule has 3 aromatic rings. The van der Waals surface area contributed by atoms with Crippen molar-refractivity contribution in [2.75, 3.05) is 5.73 Å². The molecule has 10 heteroatoms. The van der Waals surface area contributed by atoms with E-state index in [0.717, 1.165) is 12.1 Å². The van der Waals surface area contributed by atoms with Gasteiger partial charge in [-0.25, -0.2) is 18.4 Å². The summed E-state index contributed by atoms with van der Waals surface area (Å²) >= 11 is 3.27. The molecule has 2 aromatic carbocycles. The van der Waals surface area contributed by atoms with Crippen LogP contribution in [0.5, 0.6) is 0 Å². The minimum Gasteiger partial charge on any atom is -0.398 e.